The molecule has 8 nitrogen and oxygen atoms in total. The number of nitrogens with zero attached hydrogens (tertiary/aromatic N) is 1. The third-order valence-electron chi connectivity index (χ3n) is 7.51. The van der Waals surface area contributed by atoms with Gasteiger partial charge in [-0.3, -0.25) is 9.59 Å². The topological polar surface area (TPSA) is 94.2 Å². The minimum Gasteiger partial charge on any atom is -0.496 e. The van der Waals surface area contributed by atoms with Gasteiger partial charge in [-0.15, -0.1) is 11.8 Å². The van der Waals surface area contributed by atoms with Crippen LogP contribution in [-0.2, 0) is 20.9 Å². The largest absolute Gasteiger partial charge is 0.496 e. The smallest absolute Gasteiger partial charge is 0.343 e. The number of thioether (sulfide) groups is 1. The number of hydrogen-bond donors (Lipinski definition) is 1. The summed E-state index contributed by atoms with van der Waals surface area (Å²) in [6.07, 6.45) is 2.66. The fourth-order valence-corrected chi connectivity index (χ4v) is 6.32. The van der Waals surface area contributed by atoms with Crippen molar-refractivity contribution < 1.29 is 28.6 Å². The highest BCUT2D eigenvalue weighted by Crippen LogP contribution is 2.45. The number of aryl methyl sites for hydroxylation is 1. The molecule has 0 spiro atoms. The lowest BCUT2D eigenvalue weighted by Gasteiger charge is -2.39. The number of likely N-dealkylation sites (N-methyl/N-ethyl adjacent to an activating group) is 1. The Labute approximate surface area is 250 Å². The summed E-state index contributed by atoms with van der Waals surface area (Å²) in [6, 6.07) is 16.2. The van der Waals surface area contributed by atoms with Crippen molar-refractivity contribution in [3.63, 3.8) is 0 Å². The Kier molecular flexibility index (Phi) is 8.06. The Bertz CT molecular complexity index is 1610. The SMILES string of the molecule is COc1cc(OC(=O)c2ccccc2C)ccc1-c1ccc2c(c1COC(=O)C1CC=C(C)S1)N(C)C(=O)C(C)(C)N2. The Hall–Kier alpha value is -4.24. The predicted octanol–water partition coefficient (Wildman–Crippen LogP) is 6.51. The molecule has 2 heterocycles. The predicted molar refractivity (Wildman–Crippen MR) is 165 cm³/mol. The molecule has 0 aliphatic carbocycles. The highest BCUT2D eigenvalue weighted by atomic mass is 32.2. The maximum Gasteiger partial charge on any atom is 0.343 e. The molecule has 0 bridgehead atoms. The first-order valence-corrected chi connectivity index (χ1v) is 14.6. The zero-order valence-corrected chi connectivity index (χ0v) is 25.4. The summed E-state index contributed by atoms with van der Waals surface area (Å²) < 4.78 is 17.3. The number of rotatable bonds is 7. The van der Waals surface area contributed by atoms with Gasteiger partial charge in [0.25, 0.3) is 5.91 Å². The van der Waals surface area contributed by atoms with E-state index in [9.17, 15) is 14.4 Å². The fraction of sp³-hybridized carbons (Fsp3) is 0.303. The molecule has 9 heteroatoms. The molecule has 1 atom stereocenters. The van der Waals surface area contributed by atoms with E-state index in [4.69, 9.17) is 14.2 Å². The van der Waals surface area contributed by atoms with E-state index in [2.05, 4.69) is 5.32 Å². The number of nitrogens with one attached hydrogen (secondary N) is 1. The summed E-state index contributed by atoms with van der Waals surface area (Å²) in [5.74, 6) is -0.0994. The molecule has 1 amide bonds. The van der Waals surface area contributed by atoms with Crippen LogP contribution in [0, 0.1) is 6.92 Å². The van der Waals surface area contributed by atoms with Crippen LogP contribution >= 0.6 is 11.8 Å². The quantitative estimate of drug-likeness (QED) is 0.247. The van der Waals surface area contributed by atoms with Crippen molar-refractivity contribution >= 4 is 41.0 Å². The summed E-state index contributed by atoms with van der Waals surface area (Å²) in [7, 11) is 3.26. The molecule has 5 rings (SSSR count). The molecular formula is C33H34N2O6S. The molecule has 1 unspecified atom stereocenters. The normalized spacial score (nSPS) is 17.2. The molecule has 3 aromatic rings. The van der Waals surface area contributed by atoms with Crippen LogP contribution in [0.5, 0.6) is 11.5 Å². The molecule has 3 aromatic carbocycles. The first-order valence-electron chi connectivity index (χ1n) is 13.7. The van der Waals surface area contributed by atoms with Gasteiger partial charge in [0.05, 0.1) is 24.0 Å². The van der Waals surface area contributed by atoms with E-state index in [1.54, 1.807) is 42.3 Å². The van der Waals surface area contributed by atoms with Crippen molar-refractivity contribution in [2.75, 3.05) is 24.4 Å². The van der Waals surface area contributed by atoms with Gasteiger partial charge in [0.15, 0.2) is 0 Å². The van der Waals surface area contributed by atoms with Gasteiger partial charge in [-0.05, 0) is 74.4 Å². The number of esters is 2. The van der Waals surface area contributed by atoms with Crippen molar-refractivity contribution in [3.05, 3.63) is 82.3 Å². The maximum atomic E-state index is 13.3. The summed E-state index contributed by atoms with van der Waals surface area (Å²) in [5.41, 5.74) is 3.97. The minimum absolute atomic E-state index is 0.0413. The molecule has 2 aliphatic heterocycles. The van der Waals surface area contributed by atoms with Crippen molar-refractivity contribution in [2.24, 2.45) is 0 Å². The van der Waals surface area contributed by atoms with E-state index < -0.39 is 11.5 Å². The van der Waals surface area contributed by atoms with Crippen LogP contribution in [-0.4, -0.2) is 42.8 Å². The molecule has 0 fully saturated rings. The fourth-order valence-electron chi connectivity index (χ4n) is 5.33. The monoisotopic (exact) mass is 586 g/mol. The van der Waals surface area contributed by atoms with Crippen LogP contribution in [0.1, 0.15) is 48.7 Å². The van der Waals surface area contributed by atoms with Crippen LogP contribution in [0.2, 0.25) is 0 Å². The number of carbonyl (C=O) groups excluding carboxylic acids is 3. The Morgan fingerprint density at radius 2 is 1.81 bits per heavy atom. The lowest BCUT2D eigenvalue weighted by atomic mass is 9.91. The summed E-state index contributed by atoms with van der Waals surface area (Å²) in [5, 5.41) is 3.04. The molecule has 1 N–H and O–H groups in total. The molecule has 0 saturated heterocycles. The standard InChI is InChI=1S/C33H34N2O6S/c1-19-9-7-8-10-22(19)30(36)41-21-12-13-24(27(17-21)39-6)23-14-15-26-29(35(5)32(38)33(3,4)34-26)25(23)18-40-31(37)28-16-11-20(2)42-28/h7-15,17,28,34H,16,18H2,1-6H3. The molecule has 0 radical (unpaired) electrons. The van der Waals surface area contributed by atoms with Crippen LogP contribution < -0.4 is 19.7 Å². The van der Waals surface area contributed by atoms with Crippen LogP contribution in [0.25, 0.3) is 11.1 Å². The zero-order valence-electron chi connectivity index (χ0n) is 24.6. The minimum atomic E-state index is -0.804. The van der Waals surface area contributed by atoms with E-state index in [1.165, 1.54) is 18.9 Å². The number of carbonyl (C=O) groups is 3. The van der Waals surface area contributed by atoms with Crippen molar-refractivity contribution in [1.29, 1.82) is 0 Å². The van der Waals surface area contributed by atoms with Gasteiger partial charge in [-0.1, -0.05) is 30.3 Å². The molecule has 0 aromatic heterocycles. The number of hydrogen-bond acceptors (Lipinski definition) is 8. The third kappa shape index (κ3) is 5.61. The second-order valence-corrected chi connectivity index (χ2v) is 12.4. The maximum absolute atomic E-state index is 13.3. The Morgan fingerprint density at radius 3 is 2.50 bits per heavy atom. The lowest BCUT2D eigenvalue weighted by Crippen LogP contribution is -2.52. The van der Waals surface area contributed by atoms with Gasteiger partial charge in [-0.25, -0.2) is 4.79 Å². The summed E-state index contributed by atoms with van der Waals surface area (Å²) in [6.45, 7) is 7.45. The van der Waals surface area contributed by atoms with Crippen LogP contribution in [0.4, 0.5) is 11.4 Å². The van der Waals surface area contributed by atoms with Crippen molar-refractivity contribution in [2.45, 2.75) is 51.5 Å². The highest BCUT2D eigenvalue weighted by Gasteiger charge is 2.39. The number of benzene rings is 3. The van der Waals surface area contributed by atoms with Gasteiger partial charge < -0.3 is 24.4 Å². The molecule has 218 valence electrons. The second-order valence-electron chi connectivity index (χ2n) is 10.9. The van der Waals surface area contributed by atoms with Gasteiger partial charge in [0, 0.05) is 24.2 Å². The number of fused-ring (bicyclic) bond motifs is 1. The van der Waals surface area contributed by atoms with Crippen LogP contribution in [0.3, 0.4) is 0 Å². The van der Waals surface area contributed by atoms with Crippen molar-refractivity contribution in [1.82, 2.24) is 0 Å². The van der Waals surface area contributed by atoms with Crippen molar-refractivity contribution in [3.8, 4) is 22.6 Å². The zero-order chi connectivity index (χ0) is 30.2. The molecule has 2 aliphatic rings. The van der Waals surface area contributed by atoms with Gasteiger partial charge in [0.2, 0.25) is 0 Å². The number of amides is 1. The second kappa shape index (κ2) is 11.6. The highest BCUT2D eigenvalue weighted by molar-refractivity contribution is 8.04. The third-order valence-corrected chi connectivity index (χ3v) is 8.72. The lowest BCUT2D eigenvalue weighted by molar-refractivity contribution is -0.144. The van der Waals surface area contributed by atoms with Gasteiger partial charge >= 0.3 is 11.9 Å². The number of ether oxygens (including phenoxy) is 3. The van der Waals surface area contributed by atoms with Gasteiger partial charge in [-0.2, -0.15) is 0 Å². The first kappa shape index (κ1) is 29.3. The molecule has 0 saturated carbocycles. The first-order chi connectivity index (χ1) is 20.0. The number of anilines is 2. The van der Waals surface area contributed by atoms with E-state index in [-0.39, 0.29) is 23.7 Å². The number of allylic oxidation sites excluding steroid dienone is 2. The average Bonchev–Trinajstić information content (AvgIpc) is 3.40. The van der Waals surface area contributed by atoms with E-state index in [1.807, 2.05) is 58.0 Å². The van der Waals surface area contributed by atoms with E-state index >= 15 is 0 Å². The number of methoxy groups -OCH3 is 1. The van der Waals surface area contributed by atoms with Crippen LogP contribution in [0.15, 0.2) is 65.6 Å². The van der Waals surface area contributed by atoms with E-state index in [0.29, 0.717) is 40.3 Å². The van der Waals surface area contributed by atoms with Gasteiger partial charge in [0.1, 0.15) is 28.9 Å². The average molecular weight is 587 g/mol. The van der Waals surface area contributed by atoms with E-state index in [0.717, 1.165) is 21.7 Å². The summed E-state index contributed by atoms with van der Waals surface area (Å²) in [4.78, 5) is 41.8. The Morgan fingerprint density at radius 1 is 1.07 bits per heavy atom. The summed E-state index contributed by atoms with van der Waals surface area (Å²) >= 11 is 1.50. The Balaban J connectivity index is 1.52. The molecular weight excluding hydrogens is 552 g/mol. The molecule has 42 heavy (non-hydrogen) atoms.